The molecule has 0 saturated carbocycles. The van der Waals surface area contributed by atoms with Crippen LogP contribution >= 0.6 is 11.3 Å². The number of hydrogen-bond acceptors (Lipinski definition) is 3. The van der Waals surface area contributed by atoms with Crippen LogP contribution in [-0.4, -0.2) is 4.98 Å². The third-order valence-electron chi connectivity index (χ3n) is 2.97. The van der Waals surface area contributed by atoms with Crippen molar-refractivity contribution in [2.45, 2.75) is 32.7 Å². The van der Waals surface area contributed by atoms with Crippen LogP contribution in [0.15, 0.2) is 30.3 Å². The Morgan fingerprint density at radius 1 is 1.24 bits per heavy atom. The van der Waals surface area contributed by atoms with Gasteiger partial charge in [0, 0.05) is 17.3 Å². The Labute approximate surface area is 107 Å². The Hall–Kier alpha value is -1.19. The maximum atomic E-state index is 6.16. The average molecular weight is 246 g/mol. The highest BCUT2D eigenvalue weighted by Crippen LogP contribution is 2.21. The van der Waals surface area contributed by atoms with Crippen LogP contribution in [0.5, 0.6) is 0 Å². The zero-order chi connectivity index (χ0) is 12.3. The van der Waals surface area contributed by atoms with Gasteiger partial charge in [-0.2, -0.15) is 0 Å². The lowest BCUT2D eigenvalue weighted by molar-refractivity contribution is 0.649. The Balaban J connectivity index is 1.94. The van der Waals surface area contributed by atoms with E-state index in [9.17, 15) is 0 Å². The second-order valence-electron chi connectivity index (χ2n) is 4.31. The monoisotopic (exact) mass is 246 g/mol. The lowest BCUT2D eigenvalue weighted by atomic mass is 10.0. The fourth-order valence-electron chi connectivity index (χ4n) is 1.79. The van der Waals surface area contributed by atoms with E-state index in [1.54, 1.807) is 11.3 Å². The molecule has 1 heterocycles. The van der Waals surface area contributed by atoms with E-state index in [0.29, 0.717) is 0 Å². The number of aryl methyl sites for hydroxylation is 3. The maximum absolute atomic E-state index is 6.16. The van der Waals surface area contributed by atoms with Crippen LogP contribution in [-0.2, 0) is 6.42 Å². The van der Waals surface area contributed by atoms with Gasteiger partial charge in [-0.25, -0.2) is 4.98 Å². The molecule has 0 radical (unpaired) electrons. The summed E-state index contributed by atoms with van der Waals surface area (Å²) in [6, 6.07) is 10.4. The van der Waals surface area contributed by atoms with Gasteiger partial charge in [0.25, 0.3) is 0 Å². The lowest BCUT2D eigenvalue weighted by Crippen LogP contribution is -2.11. The Kier molecular flexibility index (Phi) is 3.92. The number of thiazole rings is 1. The van der Waals surface area contributed by atoms with Crippen molar-refractivity contribution in [1.29, 1.82) is 0 Å². The second-order valence-corrected chi connectivity index (χ2v) is 5.59. The standard InChI is InChI=1S/C14H18N2S/c1-10-11(2)17-14(16-10)9-8-13(15)12-6-4-3-5-7-12/h3-7,13H,8-9,15H2,1-2H3. The molecule has 0 aliphatic heterocycles. The molecule has 2 N–H and O–H groups in total. The van der Waals surface area contributed by atoms with Crippen LogP contribution in [0, 0.1) is 13.8 Å². The molecule has 0 aliphatic carbocycles. The summed E-state index contributed by atoms with van der Waals surface area (Å²) >= 11 is 1.78. The molecule has 0 bridgehead atoms. The molecule has 0 amide bonds. The topological polar surface area (TPSA) is 38.9 Å². The SMILES string of the molecule is Cc1nc(CCC(N)c2ccccc2)sc1C. The molecule has 2 aromatic rings. The van der Waals surface area contributed by atoms with Crippen LogP contribution in [0.4, 0.5) is 0 Å². The molecular formula is C14H18N2S. The molecule has 90 valence electrons. The van der Waals surface area contributed by atoms with E-state index < -0.39 is 0 Å². The van der Waals surface area contributed by atoms with E-state index >= 15 is 0 Å². The fraction of sp³-hybridized carbons (Fsp3) is 0.357. The van der Waals surface area contributed by atoms with Crippen LogP contribution < -0.4 is 5.73 Å². The van der Waals surface area contributed by atoms with Gasteiger partial charge in [-0.15, -0.1) is 11.3 Å². The normalized spacial score (nSPS) is 12.6. The highest BCUT2D eigenvalue weighted by atomic mass is 32.1. The van der Waals surface area contributed by atoms with Crippen molar-refractivity contribution >= 4 is 11.3 Å². The van der Waals surface area contributed by atoms with E-state index in [1.807, 2.05) is 18.2 Å². The second kappa shape index (κ2) is 5.43. The first kappa shape index (κ1) is 12.3. The molecule has 0 spiro atoms. The number of rotatable bonds is 4. The molecule has 17 heavy (non-hydrogen) atoms. The first-order valence-corrected chi connectivity index (χ1v) is 6.72. The van der Waals surface area contributed by atoms with Crippen molar-refractivity contribution in [3.63, 3.8) is 0 Å². The Morgan fingerprint density at radius 3 is 2.53 bits per heavy atom. The van der Waals surface area contributed by atoms with Crippen molar-refractivity contribution in [3.8, 4) is 0 Å². The third-order valence-corrected chi connectivity index (χ3v) is 4.10. The van der Waals surface area contributed by atoms with Gasteiger partial charge in [0.05, 0.1) is 10.7 Å². The quantitative estimate of drug-likeness (QED) is 0.898. The number of aromatic nitrogens is 1. The first-order valence-electron chi connectivity index (χ1n) is 5.90. The smallest absolute Gasteiger partial charge is 0.0931 e. The summed E-state index contributed by atoms with van der Waals surface area (Å²) in [5, 5.41) is 1.20. The number of benzene rings is 1. The van der Waals surface area contributed by atoms with E-state index in [4.69, 9.17) is 5.73 Å². The van der Waals surface area contributed by atoms with E-state index in [2.05, 4.69) is 31.0 Å². The van der Waals surface area contributed by atoms with Crippen LogP contribution in [0.25, 0.3) is 0 Å². The minimum absolute atomic E-state index is 0.112. The minimum Gasteiger partial charge on any atom is -0.324 e. The molecule has 1 atom stereocenters. The molecule has 1 aromatic heterocycles. The number of nitrogens with zero attached hydrogens (tertiary/aromatic N) is 1. The first-order chi connectivity index (χ1) is 8.16. The van der Waals surface area contributed by atoms with Crippen LogP contribution in [0.3, 0.4) is 0 Å². The van der Waals surface area contributed by atoms with Crippen molar-refractivity contribution in [2.24, 2.45) is 5.73 Å². The summed E-state index contributed by atoms with van der Waals surface area (Å²) in [6.45, 7) is 4.18. The molecule has 3 heteroatoms. The van der Waals surface area contributed by atoms with Gasteiger partial charge in [-0.05, 0) is 25.8 Å². The van der Waals surface area contributed by atoms with E-state index in [0.717, 1.165) is 18.5 Å². The summed E-state index contributed by atoms with van der Waals surface area (Å²) in [5.41, 5.74) is 8.52. The molecule has 2 rings (SSSR count). The third kappa shape index (κ3) is 3.14. The number of nitrogens with two attached hydrogens (primary N) is 1. The largest absolute Gasteiger partial charge is 0.324 e. The van der Waals surface area contributed by atoms with Gasteiger partial charge >= 0.3 is 0 Å². The van der Waals surface area contributed by atoms with Gasteiger partial charge < -0.3 is 5.73 Å². The molecule has 1 unspecified atom stereocenters. The zero-order valence-corrected chi connectivity index (χ0v) is 11.1. The minimum atomic E-state index is 0.112. The predicted molar refractivity (Wildman–Crippen MR) is 73.3 cm³/mol. The zero-order valence-electron chi connectivity index (χ0n) is 10.3. The van der Waals surface area contributed by atoms with Crippen molar-refractivity contribution in [1.82, 2.24) is 4.98 Å². The molecule has 1 aromatic carbocycles. The van der Waals surface area contributed by atoms with Gasteiger partial charge in [0.15, 0.2) is 0 Å². The highest BCUT2D eigenvalue weighted by Gasteiger charge is 2.08. The van der Waals surface area contributed by atoms with Gasteiger partial charge in [0.2, 0.25) is 0 Å². The Bertz CT molecular complexity index is 457. The molecular weight excluding hydrogens is 228 g/mol. The van der Waals surface area contributed by atoms with Crippen molar-refractivity contribution in [2.75, 3.05) is 0 Å². The number of hydrogen-bond donors (Lipinski definition) is 1. The molecule has 0 fully saturated rings. The lowest BCUT2D eigenvalue weighted by Gasteiger charge is -2.10. The van der Waals surface area contributed by atoms with E-state index in [1.165, 1.54) is 15.4 Å². The summed E-state index contributed by atoms with van der Waals surface area (Å²) in [5.74, 6) is 0. The van der Waals surface area contributed by atoms with Gasteiger partial charge in [-0.3, -0.25) is 0 Å². The van der Waals surface area contributed by atoms with E-state index in [-0.39, 0.29) is 6.04 Å². The molecule has 0 saturated heterocycles. The van der Waals surface area contributed by atoms with Gasteiger partial charge in [-0.1, -0.05) is 30.3 Å². The summed E-state index contributed by atoms with van der Waals surface area (Å²) < 4.78 is 0. The van der Waals surface area contributed by atoms with Crippen LogP contribution in [0.2, 0.25) is 0 Å². The average Bonchev–Trinajstić information content (AvgIpc) is 2.67. The fourth-order valence-corrected chi connectivity index (χ4v) is 2.74. The van der Waals surface area contributed by atoms with Gasteiger partial charge in [0.1, 0.15) is 0 Å². The summed E-state index contributed by atoms with van der Waals surface area (Å²) in [6.07, 6.45) is 1.92. The van der Waals surface area contributed by atoms with Crippen molar-refractivity contribution < 1.29 is 0 Å². The highest BCUT2D eigenvalue weighted by molar-refractivity contribution is 7.11. The summed E-state index contributed by atoms with van der Waals surface area (Å²) in [7, 11) is 0. The maximum Gasteiger partial charge on any atom is 0.0931 e. The van der Waals surface area contributed by atoms with Crippen molar-refractivity contribution in [3.05, 3.63) is 51.5 Å². The summed E-state index contributed by atoms with van der Waals surface area (Å²) in [4.78, 5) is 5.85. The molecule has 0 aliphatic rings. The van der Waals surface area contributed by atoms with Crippen LogP contribution in [0.1, 0.15) is 33.6 Å². The predicted octanol–water partition coefficient (Wildman–Crippen LogP) is 3.39. The molecule has 2 nitrogen and oxygen atoms in total. The Morgan fingerprint density at radius 2 is 1.94 bits per heavy atom.